The van der Waals surface area contributed by atoms with Crippen molar-refractivity contribution in [3.8, 4) is 11.5 Å². The highest BCUT2D eigenvalue weighted by molar-refractivity contribution is 5.83. The number of aliphatic carboxylic acids is 1. The molecule has 0 atom stereocenters. The predicted octanol–water partition coefficient (Wildman–Crippen LogP) is 1.82. The minimum atomic E-state index is -1.06. The summed E-state index contributed by atoms with van der Waals surface area (Å²) in [7, 11) is 0. The smallest absolute Gasteiger partial charge is 0.341 e. The fraction of sp³-hybridized carbons (Fsp3) is 0.118. The van der Waals surface area contributed by atoms with Crippen molar-refractivity contribution in [2.75, 3.05) is 13.2 Å². The highest BCUT2D eigenvalue weighted by Gasteiger charge is 2.02. The number of ether oxygens (including phenoxy) is 2. The van der Waals surface area contributed by atoms with Crippen LogP contribution in [0, 0.1) is 5.82 Å². The molecule has 0 unspecified atom stereocenters. The molecule has 0 fully saturated rings. The lowest BCUT2D eigenvalue weighted by atomic mass is 10.2. The molecule has 0 bridgehead atoms. The maximum absolute atomic E-state index is 12.7. The monoisotopic (exact) mass is 346 g/mol. The van der Waals surface area contributed by atoms with E-state index >= 15 is 0 Å². The maximum atomic E-state index is 12.7. The van der Waals surface area contributed by atoms with E-state index in [0.717, 1.165) is 0 Å². The Morgan fingerprint density at radius 1 is 1.00 bits per heavy atom. The normalized spacial score (nSPS) is 10.4. The van der Waals surface area contributed by atoms with Crippen molar-refractivity contribution in [2.45, 2.75) is 0 Å². The Bertz CT molecular complexity index is 745. The Labute approximate surface area is 142 Å². The zero-order valence-electron chi connectivity index (χ0n) is 13.0. The number of halogens is 1. The standard InChI is InChI=1S/C17H15FN2O5/c18-13-3-7-15(8-4-13)24-10-16(21)20-19-9-12-1-5-14(6-2-12)25-11-17(22)23/h1-9H,10-11H2,(H,20,21)(H,22,23)/b19-9+. The second kappa shape index (κ2) is 9.02. The topological polar surface area (TPSA) is 97.2 Å². The van der Waals surface area contributed by atoms with Gasteiger partial charge >= 0.3 is 5.97 Å². The van der Waals surface area contributed by atoms with Gasteiger partial charge in [-0.25, -0.2) is 14.6 Å². The number of carboxylic acid groups (broad SMARTS) is 1. The summed E-state index contributed by atoms with van der Waals surface area (Å²) in [5.41, 5.74) is 2.97. The van der Waals surface area contributed by atoms with Crippen molar-refractivity contribution in [3.05, 3.63) is 59.9 Å². The van der Waals surface area contributed by atoms with Crippen LogP contribution in [-0.2, 0) is 9.59 Å². The van der Waals surface area contributed by atoms with E-state index in [0.29, 0.717) is 17.1 Å². The van der Waals surface area contributed by atoms with Crippen molar-refractivity contribution >= 4 is 18.1 Å². The van der Waals surface area contributed by atoms with E-state index in [1.54, 1.807) is 24.3 Å². The molecule has 2 N–H and O–H groups in total. The van der Waals surface area contributed by atoms with Gasteiger partial charge in [0.25, 0.3) is 5.91 Å². The van der Waals surface area contributed by atoms with Gasteiger partial charge in [0.05, 0.1) is 6.21 Å². The van der Waals surface area contributed by atoms with E-state index in [2.05, 4.69) is 10.5 Å². The fourth-order valence-electron chi connectivity index (χ4n) is 1.69. The first-order valence-electron chi connectivity index (χ1n) is 7.18. The van der Waals surface area contributed by atoms with Crippen LogP contribution < -0.4 is 14.9 Å². The van der Waals surface area contributed by atoms with Gasteiger partial charge in [-0.2, -0.15) is 5.10 Å². The maximum Gasteiger partial charge on any atom is 0.341 e. The van der Waals surface area contributed by atoms with E-state index in [1.807, 2.05) is 0 Å². The minimum Gasteiger partial charge on any atom is -0.484 e. The first-order chi connectivity index (χ1) is 12.0. The number of carbonyl (C=O) groups is 2. The second-order valence-corrected chi connectivity index (χ2v) is 4.79. The van der Waals surface area contributed by atoms with Crippen molar-refractivity contribution in [2.24, 2.45) is 5.10 Å². The lowest BCUT2D eigenvalue weighted by Gasteiger charge is -2.04. The van der Waals surface area contributed by atoms with Crippen molar-refractivity contribution in [1.29, 1.82) is 0 Å². The summed E-state index contributed by atoms with van der Waals surface area (Å²) in [6, 6.07) is 11.8. The number of amides is 1. The number of rotatable bonds is 8. The summed E-state index contributed by atoms with van der Waals surface area (Å²) >= 11 is 0. The third-order valence-electron chi connectivity index (χ3n) is 2.83. The summed E-state index contributed by atoms with van der Waals surface area (Å²) in [6.07, 6.45) is 1.41. The van der Waals surface area contributed by atoms with E-state index in [4.69, 9.17) is 14.6 Å². The summed E-state index contributed by atoms with van der Waals surface area (Å²) in [4.78, 5) is 22.0. The Morgan fingerprint density at radius 3 is 2.16 bits per heavy atom. The quantitative estimate of drug-likeness (QED) is 0.561. The molecule has 7 nitrogen and oxygen atoms in total. The van der Waals surface area contributed by atoms with Crippen molar-refractivity contribution < 1.29 is 28.6 Å². The molecule has 8 heteroatoms. The Morgan fingerprint density at radius 2 is 1.56 bits per heavy atom. The molecular weight excluding hydrogens is 331 g/mol. The van der Waals surface area contributed by atoms with Crippen LogP contribution in [0.25, 0.3) is 0 Å². The zero-order chi connectivity index (χ0) is 18.1. The Balaban J connectivity index is 1.74. The van der Waals surface area contributed by atoms with Gasteiger partial charge in [0, 0.05) is 0 Å². The molecule has 2 aromatic carbocycles. The molecule has 25 heavy (non-hydrogen) atoms. The van der Waals surface area contributed by atoms with Crippen LogP contribution in [-0.4, -0.2) is 36.4 Å². The molecule has 0 saturated heterocycles. The number of hydrazone groups is 1. The molecule has 2 aromatic rings. The molecule has 2 rings (SSSR count). The third kappa shape index (κ3) is 6.69. The first-order valence-corrected chi connectivity index (χ1v) is 7.18. The van der Waals surface area contributed by atoms with Crippen LogP contribution in [0.2, 0.25) is 0 Å². The number of nitrogens with zero attached hydrogens (tertiary/aromatic N) is 1. The Kier molecular flexibility index (Phi) is 6.47. The van der Waals surface area contributed by atoms with Gasteiger partial charge < -0.3 is 14.6 Å². The van der Waals surface area contributed by atoms with Gasteiger partial charge in [-0.1, -0.05) is 0 Å². The van der Waals surface area contributed by atoms with Gasteiger partial charge in [0.2, 0.25) is 0 Å². The van der Waals surface area contributed by atoms with Crippen LogP contribution in [0.1, 0.15) is 5.56 Å². The number of nitrogens with one attached hydrogen (secondary N) is 1. The molecule has 0 aliphatic heterocycles. The molecule has 0 aromatic heterocycles. The molecule has 1 amide bonds. The van der Waals surface area contributed by atoms with Crippen LogP contribution in [0.3, 0.4) is 0 Å². The number of carbonyl (C=O) groups excluding carboxylic acids is 1. The number of hydrogen-bond acceptors (Lipinski definition) is 5. The fourth-order valence-corrected chi connectivity index (χ4v) is 1.69. The van der Waals surface area contributed by atoms with E-state index in [1.165, 1.54) is 30.5 Å². The molecule has 130 valence electrons. The number of carboxylic acids is 1. The van der Waals surface area contributed by atoms with Crippen molar-refractivity contribution in [3.63, 3.8) is 0 Å². The summed E-state index contributed by atoms with van der Waals surface area (Å²) in [5.74, 6) is -1.13. The second-order valence-electron chi connectivity index (χ2n) is 4.79. The van der Waals surface area contributed by atoms with Gasteiger partial charge in [0.1, 0.15) is 17.3 Å². The zero-order valence-corrected chi connectivity index (χ0v) is 13.0. The SMILES string of the molecule is O=C(O)COc1ccc(/C=N/NC(=O)COc2ccc(F)cc2)cc1. The average molecular weight is 346 g/mol. The first kappa shape index (κ1) is 17.9. The van der Waals surface area contributed by atoms with Crippen LogP contribution in [0.15, 0.2) is 53.6 Å². The van der Waals surface area contributed by atoms with Gasteiger partial charge in [-0.15, -0.1) is 0 Å². The summed E-state index contributed by atoms with van der Waals surface area (Å²) in [5, 5.41) is 12.3. The van der Waals surface area contributed by atoms with Gasteiger partial charge in [-0.05, 0) is 54.1 Å². The third-order valence-corrected chi connectivity index (χ3v) is 2.83. The van der Waals surface area contributed by atoms with Gasteiger partial charge in [-0.3, -0.25) is 4.79 Å². The molecule has 0 aliphatic carbocycles. The lowest BCUT2D eigenvalue weighted by molar-refractivity contribution is -0.139. The van der Waals surface area contributed by atoms with Crippen LogP contribution >= 0.6 is 0 Å². The Hall–Kier alpha value is -3.42. The van der Waals surface area contributed by atoms with Gasteiger partial charge in [0.15, 0.2) is 13.2 Å². The lowest BCUT2D eigenvalue weighted by Crippen LogP contribution is -2.24. The summed E-state index contributed by atoms with van der Waals surface area (Å²) < 4.78 is 22.9. The van der Waals surface area contributed by atoms with Crippen LogP contribution in [0.4, 0.5) is 4.39 Å². The predicted molar refractivity (Wildman–Crippen MR) is 87.2 cm³/mol. The van der Waals surface area contributed by atoms with E-state index in [-0.39, 0.29) is 12.4 Å². The highest BCUT2D eigenvalue weighted by Crippen LogP contribution is 2.11. The minimum absolute atomic E-state index is 0.259. The summed E-state index contributed by atoms with van der Waals surface area (Å²) in [6.45, 7) is -0.678. The van der Waals surface area contributed by atoms with Crippen molar-refractivity contribution in [1.82, 2.24) is 5.43 Å². The molecule has 0 radical (unpaired) electrons. The largest absolute Gasteiger partial charge is 0.484 e. The molecule has 0 saturated carbocycles. The highest BCUT2D eigenvalue weighted by atomic mass is 19.1. The molecule has 0 aliphatic rings. The molecular formula is C17H15FN2O5. The van der Waals surface area contributed by atoms with E-state index < -0.39 is 18.5 Å². The van der Waals surface area contributed by atoms with E-state index in [9.17, 15) is 14.0 Å². The molecule has 0 spiro atoms. The van der Waals surface area contributed by atoms with Crippen LogP contribution in [0.5, 0.6) is 11.5 Å². The molecule has 0 heterocycles. The number of benzene rings is 2. The average Bonchev–Trinajstić information content (AvgIpc) is 2.60. The number of hydrogen-bond donors (Lipinski definition) is 2.